The number of halogens is 1. The molecule has 0 aliphatic carbocycles. The van der Waals surface area contributed by atoms with Crippen molar-refractivity contribution in [2.75, 3.05) is 13.6 Å². The predicted molar refractivity (Wildman–Crippen MR) is 73.8 cm³/mol. The van der Waals surface area contributed by atoms with E-state index in [2.05, 4.69) is 15.9 Å². The van der Waals surface area contributed by atoms with Gasteiger partial charge in [0.15, 0.2) is 0 Å². The smallest absolute Gasteiger partial charge is 0.326 e. The van der Waals surface area contributed by atoms with Crippen LogP contribution in [0.1, 0.15) is 18.5 Å². The Morgan fingerprint density at radius 3 is 2.68 bits per heavy atom. The second-order valence-electron chi connectivity index (χ2n) is 4.60. The molecule has 0 bridgehead atoms. The summed E-state index contributed by atoms with van der Waals surface area (Å²) in [6.07, 6.45) is 0. The van der Waals surface area contributed by atoms with E-state index in [9.17, 15) is 9.59 Å². The second-order valence-corrected chi connectivity index (χ2v) is 5.45. The highest BCUT2D eigenvalue weighted by Crippen LogP contribution is 2.33. The van der Waals surface area contributed by atoms with Crippen molar-refractivity contribution in [2.45, 2.75) is 19.0 Å². The molecular formula is C13H15BrN2O3. The van der Waals surface area contributed by atoms with Crippen molar-refractivity contribution >= 4 is 27.9 Å². The Kier molecular flexibility index (Phi) is 3.80. The summed E-state index contributed by atoms with van der Waals surface area (Å²) < 4.78 is 0.921. The first-order valence-corrected chi connectivity index (χ1v) is 6.73. The van der Waals surface area contributed by atoms with Gasteiger partial charge in [0.25, 0.3) is 0 Å². The van der Waals surface area contributed by atoms with Gasteiger partial charge in [-0.1, -0.05) is 34.1 Å². The van der Waals surface area contributed by atoms with Gasteiger partial charge in [-0.15, -0.1) is 0 Å². The summed E-state index contributed by atoms with van der Waals surface area (Å²) >= 11 is 3.47. The zero-order chi connectivity index (χ0) is 14.2. The summed E-state index contributed by atoms with van der Waals surface area (Å²) in [5.74, 6) is -0.991. The van der Waals surface area contributed by atoms with Crippen LogP contribution in [0.5, 0.6) is 0 Å². The fourth-order valence-corrected chi connectivity index (χ4v) is 2.78. The summed E-state index contributed by atoms with van der Waals surface area (Å²) in [6, 6.07) is 6.46. The molecule has 1 heterocycles. The summed E-state index contributed by atoms with van der Waals surface area (Å²) in [5.41, 5.74) is 0.985. The maximum absolute atomic E-state index is 12.1. The number of benzene rings is 1. The van der Waals surface area contributed by atoms with Gasteiger partial charge < -0.3 is 14.9 Å². The van der Waals surface area contributed by atoms with Gasteiger partial charge >= 0.3 is 12.0 Å². The highest BCUT2D eigenvalue weighted by molar-refractivity contribution is 9.10. The van der Waals surface area contributed by atoms with Crippen LogP contribution in [0.25, 0.3) is 0 Å². The molecule has 1 N–H and O–H groups in total. The molecule has 0 saturated carbocycles. The third kappa shape index (κ3) is 2.45. The van der Waals surface area contributed by atoms with Crippen molar-refractivity contribution in [3.63, 3.8) is 0 Å². The van der Waals surface area contributed by atoms with E-state index in [0.717, 1.165) is 10.0 Å². The van der Waals surface area contributed by atoms with E-state index >= 15 is 0 Å². The van der Waals surface area contributed by atoms with Gasteiger partial charge in [-0.2, -0.15) is 0 Å². The first-order valence-electron chi connectivity index (χ1n) is 5.94. The average Bonchev–Trinajstić information content (AvgIpc) is 2.66. The van der Waals surface area contributed by atoms with E-state index in [0.29, 0.717) is 6.54 Å². The molecule has 2 atom stereocenters. The van der Waals surface area contributed by atoms with Gasteiger partial charge in [0, 0.05) is 18.1 Å². The molecule has 1 aromatic rings. The summed E-state index contributed by atoms with van der Waals surface area (Å²) in [4.78, 5) is 26.1. The Balaban J connectivity index is 2.29. The maximum atomic E-state index is 12.1. The van der Waals surface area contributed by atoms with Gasteiger partial charge in [0.2, 0.25) is 0 Å². The molecule has 1 aliphatic heterocycles. The van der Waals surface area contributed by atoms with Crippen LogP contribution < -0.4 is 0 Å². The van der Waals surface area contributed by atoms with E-state index in [1.54, 1.807) is 11.9 Å². The number of rotatable bonds is 3. The number of carboxylic acid groups (broad SMARTS) is 1. The van der Waals surface area contributed by atoms with E-state index in [4.69, 9.17) is 5.11 Å². The Morgan fingerprint density at radius 1 is 1.47 bits per heavy atom. The van der Waals surface area contributed by atoms with Crippen LogP contribution in [0.15, 0.2) is 28.7 Å². The summed E-state index contributed by atoms with van der Waals surface area (Å²) in [7, 11) is 1.70. The average molecular weight is 327 g/mol. The number of nitrogens with zero attached hydrogens (tertiary/aromatic N) is 2. The molecule has 0 radical (unpaired) electrons. The number of likely N-dealkylation sites (N-methyl/N-ethyl adjacent to an activating group) is 1. The molecule has 0 spiro atoms. The third-order valence-corrected chi connectivity index (χ3v) is 4.20. The van der Waals surface area contributed by atoms with Crippen molar-refractivity contribution in [1.29, 1.82) is 0 Å². The minimum atomic E-state index is -0.991. The van der Waals surface area contributed by atoms with Crippen molar-refractivity contribution in [2.24, 2.45) is 0 Å². The van der Waals surface area contributed by atoms with Crippen molar-refractivity contribution in [3.05, 3.63) is 34.3 Å². The van der Waals surface area contributed by atoms with Gasteiger partial charge in [0.05, 0.1) is 6.04 Å². The Labute approximate surface area is 119 Å². The quantitative estimate of drug-likeness (QED) is 0.927. The lowest BCUT2D eigenvalue weighted by Crippen LogP contribution is -2.41. The molecule has 6 heteroatoms. The summed E-state index contributed by atoms with van der Waals surface area (Å²) in [5, 5.41) is 9.04. The van der Waals surface area contributed by atoms with Crippen LogP contribution in [0, 0.1) is 0 Å². The van der Waals surface area contributed by atoms with Crippen molar-refractivity contribution in [1.82, 2.24) is 9.80 Å². The molecule has 1 aromatic carbocycles. The molecule has 1 fully saturated rings. The third-order valence-electron chi connectivity index (χ3n) is 3.47. The standard InChI is InChI=1S/C13H15BrN2O3/c1-8(12(17)18)16-7-11(15(2)13(16)19)9-5-3-4-6-10(9)14/h3-6,8,11H,7H2,1-2H3,(H,17,18). The lowest BCUT2D eigenvalue weighted by molar-refractivity contribution is -0.141. The predicted octanol–water partition coefficient (Wildman–Crippen LogP) is 2.33. The Morgan fingerprint density at radius 2 is 2.11 bits per heavy atom. The number of carbonyl (C=O) groups is 2. The fourth-order valence-electron chi connectivity index (χ4n) is 2.23. The van der Waals surface area contributed by atoms with Crippen LogP contribution in [-0.2, 0) is 4.79 Å². The molecule has 19 heavy (non-hydrogen) atoms. The monoisotopic (exact) mass is 326 g/mol. The lowest BCUT2D eigenvalue weighted by atomic mass is 10.1. The molecule has 2 amide bonds. The molecule has 5 nitrogen and oxygen atoms in total. The van der Waals surface area contributed by atoms with E-state index in [-0.39, 0.29) is 12.1 Å². The minimum Gasteiger partial charge on any atom is -0.480 e. The molecule has 102 valence electrons. The number of hydrogen-bond donors (Lipinski definition) is 1. The number of amides is 2. The molecule has 0 aromatic heterocycles. The number of carboxylic acids is 1. The molecule has 2 unspecified atom stereocenters. The molecule has 2 rings (SSSR count). The highest BCUT2D eigenvalue weighted by atomic mass is 79.9. The maximum Gasteiger partial charge on any atom is 0.326 e. The normalized spacial score (nSPS) is 20.8. The topological polar surface area (TPSA) is 60.9 Å². The lowest BCUT2D eigenvalue weighted by Gasteiger charge is -2.19. The first-order chi connectivity index (χ1) is 8.93. The van der Waals surface area contributed by atoms with E-state index < -0.39 is 12.0 Å². The molecular weight excluding hydrogens is 312 g/mol. The number of urea groups is 1. The molecule has 1 aliphatic rings. The SMILES string of the molecule is CC(C(=O)O)N1CC(c2ccccc2Br)N(C)C1=O. The largest absolute Gasteiger partial charge is 0.480 e. The van der Waals surface area contributed by atoms with Gasteiger partial charge in [0.1, 0.15) is 6.04 Å². The number of aliphatic carboxylic acids is 1. The van der Waals surface area contributed by atoms with Crippen molar-refractivity contribution < 1.29 is 14.7 Å². The van der Waals surface area contributed by atoms with Crippen LogP contribution in [0.2, 0.25) is 0 Å². The molecule has 1 saturated heterocycles. The number of carbonyl (C=O) groups excluding carboxylic acids is 1. The van der Waals surface area contributed by atoms with E-state index in [1.807, 2.05) is 24.3 Å². The second kappa shape index (κ2) is 5.21. The van der Waals surface area contributed by atoms with Gasteiger partial charge in [-0.25, -0.2) is 9.59 Å². The van der Waals surface area contributed by atoms with Crippen molar-refractivity contribution in [3.8, 4) is 0 Å². The van der Waals surface area contributed by atoms with Crippen LogP contribution in [0.4, 0.5) is 4.79 Å². The van der Waals surface area contributed by atoms with Crippen LogP contribution in [-0.4, -0.2) is 46.5 Å². The zero-order valence-electron chi connectivity index (χ0n) is 10.7. The van der Waals surface area contributed by atoms with Gasteiger partial charge in [-0.3, -0.25) is 0 Å². The van der Waals surface area contributed by atoms with Crippen LogP contribution >= 0.6 is 15.9 Å². The highest BCUT2D eigenvalue weighted by Gasteiger charge is 2.40. The Hall–Kier alpha value is -1.56. The zero-order valence-corrected chi connectivity index (χ0v) is 12.3. The minimum absolute atomic E-state index is 0.134. The Bertz CT molecular complexity index is 520. The van der Waals surface area contributed by atoms with Crippen LogP contribution in [0.3, 0.4) is 0 Å². The van der Waals surface area contributed by atoms with E-state index in [1.165, 1.54) is 11.8 Å². The number of hydrogen-bond acceptors (Lipinski definition) is 2. The fraction of sp³-hybridized carbons (Fsp3) is 0.385. The first kappa shape index (κ1) is 13.9. The van der Waals surface area contributed by atoms with Gasteiger partial charge in [-0.05, 0) is 18.6 Å². The summed E-state index contributed by atoms with van der Waals surface area (Å²) in [6.45, 7) is 1.90.